The number of nitrogens with one attached hydrogen (secondary N) is 1. The van der Waals surface area contributed by atoms with Gasteiger partial charge in [0.1, 0.15) is 5.82 Å². The highest BCUT2D eigenvalue weighted by Gasteiger charge is 2.15. The minimum Gasteiger partial charge on any atom is -0.212 e. The second kappa shape index (κ2) is 5.25. The molecule has 0 aliphatic rings. The molecule has 6 heteroatoms. The summed E-state index contributed by atoms with van der Waals surface area (Å²) in [6.07, 6.45) is 0. The first-order chi connectivity index (χ1) is 7.33. The summed E-state index contributed by atoms with van der Waals surface area (Å²) in [4.78, 5) is 0. The third-order valence-corrected chi connectivity index (χ3v) is 4.65. The van der Waals surface area contributed by atoms with Crippen molar-refractivity contribution < 1.29 is 12.8 Å². The predicted octanol–water partition coefficient (Wildman–Crippen LogP) is 2.42. The summed E-state index contributed by atoms with van der Waals surface area (Å²) < 4.78 is 39.0. The van der Waals surface area contributed by atoms with Crippen LogP contribution < -0.4 is 4.72 Å². The SMILES string of the molecule is CC(C)S(=O)(=O)NCc1cc(F)ccc1Br. The molecule has 0 unspecified atom stereocenters. The van der Waals surface area contributed by atoms with Crippen molar-refractivity contribution in [1.82, 2.24) is 4.72 Å². The molecule has 0 aliphatic carbocycles. The van der Waals surface area contributed by atoms with Crippen molar-refractivity contribution in [2.75, 3.05) is 0 Å². The molecule has 90 valence electrons. The van der Waals surface area contributed by atoms with Crippen molar-refractivity contribution >= 4 is 26.0 Å². The van der Waals surface area contributed by atoms with Crippen LogP contribution in [-0.2, 0) is 16.6 Å². The van der Waals surface area contributed by atoms with Crippen molar-refractivity contribution in [3.63, 3.8) is 0 Å². The zero-order valence-electron chi connectivity index (χ0n) is 9.00. The van der Waals surface area contributed by atoms with Crippen molar-refractivity contribution in [3.8, 4) is 0 Å². The van der Waals surface area contributed by atoms with E-state index in [1.54, 1.807) is 19.9 Å². The highest BCUT2D eigenvalue weighted by atomic mass is 79.9. The maximum atomic E-state index is 12.9. The van der Waals surface area contributed by atoms with Gasteiger partial charge in [-0.2, -0.15) is 0 Å². The molecule has 0 atom stereocenters. The van der Waals surface area contributed by atoms with Gasteiger partial charge in [0.25, 0.3) is 0 Å². The van der Waals surface area contributed by atoms with Crippen LogP contribution in [-0.4, -0.2) is 13.7 Å². The number of rotatable bonds is 4. The standard InChI is InChI=1S/C10H13BrFNO2S/c1-7(2)16(14,15)13-6-8-5-9(12)3-4-10(8)11/h3-5,7,13H,6H2,1-2H3. The van der Waals surface area contributed by atoms with Crippen LogP contribution in [0.2, 0.25) is 0 Å². The average molecular weight is 310 g/mol. The molecule has 0 radical (unpaired) electrons. The van der Waals surface area contributed by atoms with Gasteiger partial charge in [0.15, 0.2) is 0 Å². The minimum atomic E-state index is -3.32. The zero-order chi connectivity index (χ0) is 12.3. The maximum absolute atomic E-state index is 12.9. The second-order valence-electron chi connectivity index (χ2n) is 3.65. The van der Waals surface area contributed by atoms with Crippen LogP contribution in [0, 0.1) is 5.82 Å². The molecule has 0 aliphatic heterocycles. The van der Waals surface area contributed by atoms with E-state index in [9.17, 15) is 12.8 Å². The smallest absolute Gasteiger partial charge is 0.212 e. The number of halogens is 2. The predicted molar refractivity (Wildman–Crippen MR) is 65.0 cm³/mol. The summed E-state index contributed by atoms with van der Waals surface area (Å²) in [6.45, 7) is 3.25. The van der Waals surface area contributed by atoms with Crippen molar-refractivity contribution in [2.45, 2.75) is 25.6 Å². The lowest BCUT2D eigenvalue weighted by atomic mass is 10.2. The zero-order valence-corrected chi connectivity index (χ0v) is 11.4. The molecule has 3 nitrogen and oxygen atoms in total. The van der Waals surface area contributed by atoms with Crippen LogP contribution in [0.4, 0.5) is 4.39 Å². The van der Waals surface area contributed by atoms with Gasteiger partial charge in [0.05, 0.1) is 5.25 Å². The molecular formula is C10H13BrFNO2S. The summed E-state index contributed by atoms with van der Waals surface area (Å²) in [6, 6.07) is 4.16. The van der Waals surface area contributed by atoms with Gasteiger partial charge in [-0.1, -0.05) is 15.9 Å². The number of sulfonamides is 1. The molecule has 0 saturated heterocycles. The third kappa shape index (κ3) is 3.54. The normalized spacial score (nSPS) is 12.1. The number of benzene rings is 1. The van der Waals surface area contributed by atoms with Gasteiger partial charge in [0, 0.05) is 11.0 Å². The quantitative estimate of drug-likeness (QED) is 0.928. The minimum absolute atomic E-state index is 0.0822. The Balaban J connectivity index is 2.79. The molecule has 0 saturated carbocycles. The molecular weight excluding hydrogens is 297 g/mol. The molecule has 0 spiro atoms. The molecule has 1 aromatic rings. The van der Waals surface area contributed by atoms with E-state index >= 15 is 0 Å². The van der Waals surface area contributed by atoms with E-state index < -0.39 is 15.3 Å². The summed E-state index contributed by atoms with van der Waals surface area (Å²) in [7, 11) is -3.32. The Kier molecular flexibility index (Phi) is 4.46. The van der Waals surface area contributed by atoms with Crippen molar-refractivity contribution in [2.24, 2.45) is 0 Å². The third-order valence-electron chi connectivity index (χ3n) is 2.09. The van der Waals surface area contributed by atoms with Gasteiger partial charge in [-0.05, 0) is 37.6 Å². The van der Waals surface area contributed by atoms with Crippen LogP contribution in [0.1, 0.15) is 19.4 Å². The monoisotopic (exact) mass is 309 g/mol. The topological polar surface area (TPSA) is 46.2 Å². The second-order valence-corrected chi connectivity index (χ2v) is 6.83. The van der Waals surface area contributed by atoms with Crippen LogP contribution in [0.5, 0.6) is 0 Å². The van der Waals surface area contributed by atoms with E-state index in [2.05, 4.69) is 20.7 Å². The maximum Gasteiger partial charge on any atom is 0.214 e. The van der Waals surface area contributed by atoms with Crippen LogP contribution in [0.15, 0.2) is 22.7 Å². The fourth-order valence-corrected chi connectivity index (χ4v) is 2.10. The van der Waals surface area contributed by atoms with E-state index in [-0.39, 0.29) is 12.4 Å². The van der Waals surface area contributed by atoms with Gasteiger partial charge >= 0.3 is 0 Å². The van der Waals surface area contributed by atoms with Crippen molar-refractivity contribution in [1.29, 1.82) is 0 Å². The van der Waals surface area contributed by atoms with Gasteiger partial charge in [0.2, 0.25) is 10.0 Å². The van der Waals surface area contributed by atoms with E-state index in [0.717, 1.165) is 0 Å². The van der Waals surface area contributed by atoms with Crippen LogP contribution in [0.3, 0.4) is 0 Å². The molecule has 16 heavy (non-hydrogen) atoms. The first kappa shape index (κ1) is 13.6. The lowest BCUT2D eigenvalue weighted by Crippen LogP contribution is -2.30. The van der Waals surface area contributed by atoms with Crippen LogP contribution in [0.25, 0.3) is 0 Å². The lowest BCUT2D eigenvalue weighted by molar-refractivity contribution is 0.571. The summed E-state index contributed by atoms with van der Waals surface area (Å²) in [5, 5.41) is -0.500. The molecule has 0 heterocycles. The molecule has 1 N–H and O–H groups in total. The van der Waals surface area contributed by atoms with Gasteiger partial charge in [-0.3, -0.25) is 0 Å². The largest absolute Gasteiger partial charge is 0.214 e. The van der Waals surface area contributed by atoms with Crippen molar-refractivity contribution in [3.05, 3.63) is 34.1 Å². The Bertz CT molecular complexity index is 474. The van der Waals surface area contributed by atoms with Crippen LogP contribution >= 0.6 is 15.9 Å². The number of hydrogen-bond donors (Lipinski definition) is 1. The summed E-state index contributed by atoms with van der Waals surface area (Å²) in [5.41, 5.74) is 0.573. The Morgan fingerprint density at radius 1 is 1.44 bits per heavy atom. The molecule has 0 fully saturated rings. The Morgan fingerprint density at radius 3 is 2.62 bits per heavy atom. The highest BCUT2D eigenvalue weighted by Crippen LogP contribution is 2.17. The molecule has 1 aromatic carbocycles. The molecule has 1 rings (SSSR count). The fraction of sp³-hybridized carbons (Fsp3) is 0.400. The van der Waals surface area contributed by atoms with E-state index in [1.165, 1.54) is 12.1 Å². The number of hydrogen-bond acceptors (Lipinski definition) is 2. The molecule has 0 bridgehead atoms. The fourth-order valence-electron chi connectivity index (χ4n) is 1.02. The van der Waals surface area contributed by atoms with E-state index in [4.69, 9.17) is 0 Å². The summed E-state index contributed by atoms with van der Waals surface area (Å²) in [5.74, 6) is -0.387. The van der Waals surface area contributed by atoms with E-state index in [1.807, 2.05) is 0 Å². The van der Waals surface area contributed by atoms with Gasteiger partial charge in [-0.15, -0.1) is 0 Å². The Hall–Kier alpha value is -0.460. The Morgan fingerprint density at radius 2 is 2.06 bits per heavy atom. The summed E-state index contributed by atoms with van der Waals surface area (Å²) >= 11 is 3.23. The first-order valence-electron chi connectivity index (χ1n) is 4.75. The van der Waals surface area contributed by atoms with Gasteiger partial charge in [-0.25, -0.2) is 17.5 Å². The van der Waals surface area contributed by atoms with E-state index in [0.29, 0.717) is 10.0 Å². The van der Waals surface area contributed by atoms with Gasteiger partial charge < -0.3 is 0 Å². The highest BCUT2D eigenvalue weighted by molar-refractivity contribution is 9.10. The first-order valence-corrected chi connectivity index (χ1v) is 7.09. The average Bonchev–Trinajstić information content (AvgIpc) is 2.19. The molecule has 0 amide bonds. The lowest BCUT2D eigenvalue weighted by Gasteiger charge is -2.10. The Labute approximate surface area is 103 Å². The molecule has 0 aromatic heterocycles.